The summed E-state index contributed by atoms with van der Waals surface area (Å²) in [4.78, 5) is 18.3. The number of thiazole rings is 1. The lowest BCUT2D eigenvalue weighted by atomic mass is 10.1. The van der Waals surface area contributed by atoms with Crippen LogP contribution in [-0.4, -0.2) is 24.4 Å². The molecule has 8 heteroatoms. The number of hydrogen-bond donors (Lipinski definition) is 0. The molecule has 0 fully saturated rings. The molecule has 35 heavy (non-hydrogen) atoms. The van der Waals surface area contributed by atoms with E-state index in [1.807, 2.05) is 67.7 Å². The maximum absolute atomic E-state index is 13.5. The lowest BCUT2D eigenvalue weighted by molar-refractivity contribution is 0.628. The molecule has 3 aromatic carbocycles. The maximum atomic E-state index is 13.5. The van der Waals surface area contributed by atoms with Gasteiger partial charge in [0.2, 0.25) is 4.96 Å². The van der Waals surface area contributed by atoms with Crippen molar-refractivity contribution >= 4 is 22.4 Å². The van der Waals surface area contributed by atoms with Crippen LogP contribution in [0.2, 0.25) is 0 Å². The van der Waals surface area contributed by atoms with Gasteiger partial charge in [-0.3, -0.25) is 4.79 Å². The molecule has 0 atom stereocenters. The first kappa shape index (κ1) is 21.1. The monoisotopic (exact) mass is 479 g/mol. The summed E-state index contributed by atoms with van der Waals surface area (Å²) in [5.74, 6) is 0.197. The van der Waals surface area contributed by atoms with Gasteiger partial charge < -0.3 is 0 Å². The second-order valence-corrected chi connectivity index (χ2v) is 9.14. The molecule has 0 amide bonds. The molecule has 0 aliphatic carbocycles. The Morgan fingerprint density at radius 3 is 2.31 bits per heavy atom. The average Bonchev–Trinajstić information content (AvgIpc) is 3.56. The van der Waals surface area contributed by atoms with E-state index in [9.17, 15) is 9.18 Å². The molecule has 0 bridgehead atoms. The van der Waals surface area contributed by atoms with Crippen LogP contribution in [0.25, 0.3) is 39.4 Å². The van der Waals surface area contributed by atoms with Crippen LogP contribution < -0.4 is 10.1 Å². The van der Waals surface area contributed by atoms with Gasteiger partial charge >= 0.3 is 0 Å². The van der Waals surface area contributed by atoms with E-state index >= 15 is 0 Å². The summed E-state index contributed by atoms with van der Waals surface area (Å²) >= 11 is 1.27. The highest BCUT2D eigenvalue weighted by atomic mass is 32.1. The third-order valence-electron chi connectivity index (χ3n) is 5.66. The third kappa shape index (κ3) is 3.94. The molecule has 170 valence electrons. The second-order valence-electron chi connectivity index (χ2n) is 8.13. The molecular weight excluding hydrogens is 461 g/mol. The number of fused-ring (bicyclic) bond motifs is 1. The van der Waals surface area contributed by atoms with Gasteiger partial charge in [0.1, 0.15) is 11.5 Å². The quantitative estimate of drug-likeness (QED) is 0.369. The zero-order valence-corrected chi connectivity index (χ0v) is 19.4. The fourth-order valence-corrected chi connectivity index (χ4v) is 4.74. The van der Waals surface area contributed by atoms with Gasteiger partial charge in [0, 0.05) is 22.9 Å². The Bertz CT molecular complexity index is 1770. The van der Waals surface area contributed by atoms with Gasteiger partial charge in [-0.15, -0.1) is 5.10 Å². The molecule has 0 unspecified atom stereocenters. The lowest BCUT2D eigenvalue weighted by Gasteiger charge is -2.00. The van der Waals surface area contributed by atoms with Crippen LogP contribution in [0.1, 0.15) is 11.1 Å². The van der Waals surface area contributed by atoms with Crippen molar-refractivity contribution in [3.05, 3.63) is 117 Å². The Morgan fingerprint density at radius 2 is 1.60 bits per heavy atom. The average molecular weight is 480 g/mol. The Balaban J connectivity index is 1.48. The van der Waals surface area contributed by atoms with E-state index in [1.165, 1.54) is 28.0 Å². The number of benzene rings is 3. The number of aryl methyl sites for hydroxylation is 1. The van der Waals surface area contributed by atoms with Crippen molar-refractivity contribution in [1.82, 2.24) is 24.4 Å². The van der Waals surface area contributed by atoms with Crippen molar-refractivity contribution in [2.75, 3.05) is 0 Å². The van der Waals surface area contributed by atoms with Crippen LogP contribution in [0.3, 0.4) is 0 Å². The summed E-state index contributed by atoms with van der Waals surface area (Å²) < 4.78 is 17.1. The molecule has 0 aliphatic rings. The number of hydrogen-bond acceptors (Lipinski definition) is 5. The van der Waals surface area contributed by atoms with Gasteiger partial charge in [-0.05, 0) is 49.4 Å². The Morgan fingerprint density at radius 1 is 0.886 bits per heavy atom. The highest BCUT2D eigenvalue weighted by Crippen LogP contribution is 2.25. The summed E-state index contributed by atoms with van der Waals surface area (Å²) in [6, 6.07) is 23.7. The number of aromatic nitrogens is 5. The second kappa shape index (κ2) is 8.41. The fourth-order valence-electron chi connectivity index (χ4n) is 3.84. The van der Waals surface area contributed by atoms with Gasteiger partial charge in [0.25, 0.3) is 5.56 Å². The summed E-state index contributed by atoms with van der Waals surface area (Å²) in [7, 11) is 0. The van der Waals surface area contributed by atoms with Crippen LogP contribution >= 0.6 is 11.3 Å². The highest BCUT2D eigenvalue weighted by Gasteiger charge is 2.15. The minimum Gasteiger partial charge on any atom is -0.266 e. The Labute approximate surface area is 203 Å². The van der Waals surface area contributed by atoms with Crippen LogP contribution in [-0.2, 0) is 0 Å². The molecule has 0 saturated heterocycles. The number of nitrogens with zero attached hydrogens (tertiary/aromatic N) is 5. The first-order chi connectivity index (χ1) is 17.0. The van der Waals surface area contributed by atoms with E-state index in [-0.39, 0.29) is 11.4 Å². The third-order valence-corrected chi connectivity index (χ3v) is 6.62. The first-order valence-electron chi connectivity index (χ1n) is 10.9. The van der Waals surface area contributed by atoms with Crippen molar-refractivity contribution in [2.45, 2.75) is 6.92 Å². The van der Waals surface area contributed by atoms with E-state index < -0.39 is 0 Å². The molecule has 3 heterocycles. The lowest BCUT2D eigenvalue weighted by Crippen LogP contribution is -2.23. The van der Waals surface area contributed by atoms with E-state index in [1.54, 1.807) is 22.9 Å². The molecule has 0 radical (unpaired) electrons. The number of para-hydroxylation sites is 1. The zero-order valence-electron chi connectivity index (χ0n) is 18.6. The SMILES string of the molecule is Cc1ccc(-c2nc3s/c(=C\c4cn(-c5ccccc5)nc4-c4ccc(F)cc4)c(=O)n3n2)cc1. The smallest absolute Gasteiger partial charge is 0.266 e. The molecule has 0 aliphatic heterocycles. The molecule has 0 spiro atoms. The van der Waals surface area contributed by atoms with E-state index in [0.717, 1.165) is 27.9 Å². The summed E-state index contributed by atoms with van der Waals surface area (Å²) in [5, 5.41) is 9.17. The van der Waals surface area contributed by atoms with Gasteiger partial charge in [-0.2, -0.15) is 14.6 Å². The van der Waals surface area contributed by atoms with Gasteiger partial charge in [0.15, 0.2) is 5.82 Å². The highest BCUT2D eigenvalue weighted by molar-refractivity contribution is 7.15. The largest absolute Gasteiger partial charge is 0.291 e. The zero-order chi connectivity index (χ0) is 23.9. The number of halogens is 1. The van der Waals surface area contributed by atoms with Gasteiger partial charge in [-0.1, -0.05) is 59.4 Å². The molecule has 6 aromatic rings. The van der Waals surface area contributed by atoms with E-state index in [4.69, 9.17) is 5.10 Å². The summed E-state index contributed by atoms with van der Waals surface area (Å²) in [6.45, 7) is 2.01. The minimum atomic E-state index is -0.321. The van der Waals surface area contributed by atoms with Crippen molar-refractivity contribution in [2.24, 2.45) is 0 Å². The molecule has 6 rings (SSSR count). The van der Waals surface area contributed by atoms with Crippen molar-refractivity contribution in [3.63, 3.8) is 0 Å². The standard InChI is InChI=1S/C27H18FN5OS/c1-17-7-9-19(10-8-17)25-29-27-33(31-25)26(34)23(35-27)15-20-16-32(22-5-3-2-4-6-22)30-24(20)18-11-13-21(28)14-12-18/h2-16H,1H3/b23-15-. The van der Waals surface area contributed by atoms with Crippen molar-refractivity contribution < 1.29 is 4.39 Å². The topological polar surface area (TPSA) is 65.1 Å². The Kier molecular flexibility index (Phi) is 5.08. The summed E-state index contributed by atoms with van der Waals surface area (Å²) in [6.07, 6.45) is 3.65. The molecule has 3 aromatic heterocycles. The summed E-state index contributed by atoms with van der Waals surface area (Å²) in [5.41, 5.74) is 4.77. The van der Waals surface area contributed by atoms with Crippen LogP contribution in [0.15, 0.2) is 89.9 Å². The molecule has 6 nitrogen and oxygen atoms in total. The van der Waals surface area contributed by atoms with Crippen molar-refractivity contribution in [1.29, 1.82) is 0 Å². The maximum Gasteiger partial charge on any atom is 0.291 e. The van der Waals surface area contributed by atoms with Crippen LogP contribution in [0, 0.1) is 12.7 Å². The van der Waals surface area contributed by atoms with E-state index in [0.29, 0.717) is 21.0 Å². The van der Waals surface area contributed by atoms with Crippen LogP contribution in [0.4, 0.5) is 4.39 Å². The normalized spacial score (nSPS) is 12.0. The fraction of sp³-hybridized carbons (Fsp3) is 0.0370. The molecule has 0 saturated carbocycles. The first-order valence-corrected chi connectivity index (χ1v) is 11.8. The molecular formula is C27H18FN5OS. The van der Waals surface area contributed by atoms with Gasteiger partial charge in [0.05, 0.1) is 10.2 Å². The van der Waals surface area contributed by atoms with Crippen LogP contribution in [0.5, 0.6) is 0 Å². The minimum absolute atomic E-state index is 0.242. The van der Waals surface area contributed by atoms with Crippen molar-refractivity contribution in [3.8, 4) is 28.3 Å². The Hall–Kier alpha value is -4.43. The number of rotatable bonds is 4. The predicted octanol–water partition coefficient (Wildman–Crippen LogP) is 4.67. The van der Waals surface area contributed by atoms with E-state index in [2.05, 4.69) is 10.1 Å². The van der Waals surface area contributed by atoms with Gasteiger partial charge in [-0.25, -0.2) is 9.07 Å². The molecule has 0 N–H and O–H groups in total. The predicted molar refractivity (Wildman–Crippen MR) is 135 cm³/mol.